The third-order valence-corrected chi connectivity index (χ3v) is 3.88. The van der Waals surface area contributed by atoms with Crippen molar-refractivity contribution in [3.63, 3.8) is 0 Å². The van der Waals surface area contributed by atoms with Crippen LogP contribution in [0.25, 0.3) is 11.1 Å². The first-order chi connectivity index (χ1) is 11.5. The first kappa shape index (κ1) is 18.2. The Labute approximate surface area is 144 Å². The van der Waals surface area contributed by atoms with Crippen LogP contribution >= 0.6 is 11.6 Å². The topological polar surface area (TPSA) is 104 Å². The SMILES string of the molecule is CCCCC(CC(=O)NO)C(=O)NCc1nc2cc(Cl)ccc2o1. The fourth-order valence-electron chi connectivity index (χ4n) is 2.38. The van der Waals surface area contributed by atoms with Crippen LogP contribution in [0.4, 0.5) is 0 Å². The third kappa shape index (κ3) is 4.94. The van der Waals surface area contributed by atoms with Crippen LogP contribution in [-0.4, -0.2) is 22.0 Å². The van der Waals surface area contributed by atoms with Gasteiger partial charge in [0.25, 0.3) is 0 Å². The van der Waals surface area contributed by atoms with Crippen molar-refractivity contribution in [1.82, 2.24) is 15.8 Å². The zero-order chi connectivity index (χ0) is 17.5. The molecule has 0 bridgehead atoms. The van der Waals surface area contributed by atoms with Crippen molar-refractivity contribution >= 4 is 34.5 Å². The van der Waals surface area contributed by atoms with Gasteiger partial charge < -0.3 is 9.73 Å². The number of rotatable bonds is 8. The number of oxazole rings is 1. The molecule has 0 aliphatic rings. The average Bonchev–Trinajstić information content (AvgIpc) is 2.98. The fourth-order valence-corrected chi connectivity index (χ4v) is 2.54. The zero-order valence-electron chi connectivity index (χ0n) is 13.3. The van der Waals surface area contributed by atoms with Crippen molar-refractivity contribution in [2.45, 2.75) is 39.2 Å². The molecular weight excluding hydrogens is 334 g/mol. The maximum absolute atomic E-state index is 12.3. The molecule has 2 aromatic rings. The lowest BCUT2D eigenvalue weighted by atomic mass is 9.97. The Morgan fingerprint density at radius 3 is 2.92 bits per heavy atom. The van der Waals surface area contributed by atoms with E-state index in [9.17, 15) is 9.59 Å². The number of hydrogen-bond acceptors (Lipinski definition) is 5. The molecular formula is C16H20ClN3O4. The summed E-state index contributed by atoms with van der Waals surface area (Å²) in [5, 5.41) is 11.9. The van der Waals surface area contributed by atoms with Gasteiger partial charge in [-0.1, -0.05) is 31.4 Å². The van der Waals surface area contributed by atoms with Crippen LogP contribution in [0.15, 0.2) is 22.6 Å². The van der Waals surface area contributed by atoms with Gasteiger partial charge in [-0.2, -0.15) is 0 Å². The maximum Gasteiger partial charge on any atom is 0.244 e. The molecule has 1 aromatic carbocycles. The number of benzene rings is 1. The van der Waals surface area contributed by atoms with Gasteiger partial charge in [-0.25, -0.2) is 10.5 Å². The lowest BCUT2D eigenvalue weighted by Crippen LogP contribution is -2.34. The summed E-state index contributed by atoms with van der Waals surface area (Å²) < 4.78 is 5.53. The second kappa shape index (κ2) is 8.65. The molecule has 0 aliphatic carbocycles. The number of halogens is 1. The van der Waals surface area contributed by atoms with Crippen LogP contribution in [0.1, 0.15) is 38.5 Å². The largest absolute Gasteiger partial charge is 0.439 e. The zero-order valence-corrected chi connectivity index (χ0v) is 14.1. The molecule has 0 radical (unpaired) electrons. The molecule has 0 fully saturated rings. The van der Waals surface area contributed by atoms with Crippen LogP contribution in [0.5, 0.6) is 0 Å². The Bertz CT molecular complexity index is 716. The average molecular weight is 354 g/mol. The third-order valence-electron chi connectivity index (χ3n) is 3.64. The molecule has 7 nitrogen and oxygen atoms in total. The molecule has 0 saturated heterocycles. The number of hydrogen-bond donors (Lipinski definition) is 3. The van der Waals surface area contributed by atoms with Gasteiger partial charge in [0, 0.05) is 17.4 Å². The lowest BCUT2D eigenvalue weighted by Gasteiger charge is -2.14. The summed E-state index contributed by atoms with van der Waals surface area (Å²) >= 11 is 5.90. The number of aromatic nitrogens is 1. The van der Waals surface area contributed by atoms with Crippen LogP contribution in [0, 0.1) is 5.92 Å². The minimum absolute atomic E-state index is 0.0640. The van der Waals surface area contributed by atoms with E-state index in [1.54, 1.807) is 23.7 Å². The van der Waals surface area contributed by atoms with Crippen molar-refractivity contribution < 1.29 is 19.2 Å². The Morgan fingerprint density at radius 1 is 1.42 bits per heavy atom. The number of unbranched alkanes of at least 4 members (excludes halogenated alkanes) is 1. The second-order valence-electron chi connectivity index (χ2n) is 5.52. The maximum atomic E-state index is 12.3. The van der Waals surface area contributed by atoms with Crippen LogP contribution in [-0.2, 0) is 16.1 Å². The van der Waals surface area contributed by atoms with Gasteiger partial charge in [0.05, 0.1) is 6.54 Å². The summed E-state index contributed by atoms with van der Waals surface area (Å²) in [5.41, 5.74) is 2.77. The van der Waals surface area contributed by atoms with Gasteiger partial charge in [-0.3, -0.25) is 14.8 Å². The van der Waals surface area contributed by atoms with Crippen LogP contribution in [0.3, 0.4) is 0 Å². The number of amides is 2. The van der Waals surface area contributed by atoms with Crippen molar-refractivity contribution in [2.75, 3.05) is 0 Å². The number of nitrogens with zero attached hydrogens (tertiary/aromatic N) is 1. The predicted octanol–water partition coefficient (Wildman–Crippen LogP) is 2.80. The highest BCUT2D eigenvalue weighted by molar-refractivity contribution is 6.31. The van der Waals surface area contributed by atoms with Crippen molar-refractivity contribution in [3.05, 3.63) is 29.1 Å². The molecule has 8 heteroatoms. The minimum atomic E-state index is -0.581. The summed E-state index contributed by atoms with van der Waals surface area (Å²) in [7, 11) is 0. The number of carbonyl (C=O) groups is 2. The van der Waals surface area contributed by atoms with E-state index in [-0.39, 0.29) is 18.9 Å². The summed E-state index contributed by atoms with van der Waals surface area (Å²) in [6.07, 6.45) is 2.24. The highest BCUT2D eigenvalue weighted by atomic mass is 35.5. The first-order valence-electron chi connectivity index (χ1n) is 7.79. The summed E-state index contributed by atoms with van der Waals surface area (Å²) in [5.74, 6) is -0.993. The van der Waals surface area contributed by atoms with E-state index in [0.29, 0.717) is 28.4 Å². The van der Waals surface area contributed by atoms with E-state index in [1.165, 1.54) is 0 Å². The highest BCUT2D eigenvalue weighted by Crippen LogP contribution is 2.20. The first-order valence-corrected chi connectivity index (χ1v) is 8.17. The van der Waals surface area contributed by atoms with Crippen molar-refractivity contribution in [1.29, 1.82) is 0 Å². The van der Waals surface area contributed by atoms with Crippen molar-refractivity contribution in [3.8, 4) is 0 Å². The van der Waals surface area contributed by atoms with Gasteiger partial charge in [0.1, 0.15) is 5.52 Å². The molecule has 130 valence electrons. The van der Waals surface area contributed by atoms with Crippen LogP contribution in [0.2, 0.25) is 5.02 Å². The van der Waals surface area contributed by atoms with E-state index in [2.05, 4.69) is 10.3 Å². The number of carbonyl (C=O) groups excluding carboxylic acids is 2. The minimum Gasteiger partial charge on any atom is -0.439 e. The Morgan fingerprint density at radius 2 is 2.21 bits per heavy atom. The molecule has 0 aliphatic heterocycles. The smallest absolute Gasteiger partial charge is 0.244 e. The van der Waals surface area contributed by atoms with E-state index < -0.39 is 11.8 Å². The Balaban J connectivity index is 1.98. The number of hydroxylamine groups is 1. The molecule has 1 aromatic heterocycles. The summed E-state index contributed by atoms with van der Waals surface area (Å²) in [6, 6.07) is 5.10. The predicted molar refractivity (Wildman–Crippen MR) is 88.4 cm³/mol. The number of fused-ring (bicyclic) bond motifs is 1. The molecule has 1 atom stereocenters. The standard InChI is InChI=1S/C16H20ClN3O4/c1-2-3-4-10(7-14(21)20-23)16(22)18-9-15-19-12-8-11(17)5-6-13(12)24-15/h5-6,8,10,23H,2-4,7,9H2,1H3,(H,18,22)(H,20,21). The molecule has 2 rings (SSSR count). The van der Waals surface area contributed by atoms with Crippen LogP contribution < -0.4 is 10.8 Å². The van der Waals surface area contributed by atoms with Gasteiger partial charge >= 0.3 is 0 Å². The van der Waals surface area contributed by atoms with Gasteiger partial charge in [0.15, 0.2) is 5.58 Å². The Hall–Kier alpha value is -2.12. The van der Waals surface area contributed by atoms with E-state index in [4.69, 9.17) is 21.2 Å². The molecule has 0 spiro atoms. The second-order valence-corrected chi connectivity index (χ2v) is 5.95. The van der Waals surface area contributed by atoms with E-state index in [1.807, 2.05) is 6.92 Å². The molecule has 3 N–H and O–H groups in total. The molecule has 2 amide bonds. The molecule has 1 heterocycles. The van der Waals surface area contributed by atoms with E-state index >= 15 is 0 Å². The normalized spacial score (nSPS) is 12.1. The van der Waals surface area contributed by atoms with Gasteiger partial charge in [0.2, 0.25) is 17.7 Å². The molecule has 0 saturated carbocycles. The van der Waals surface area contributed by atoms with Crippen molar-refractivity contribution in [2.24, 2.45) is 5.92 Å². The van der Waals surface area contributed by atoms with E-state index in [0.717, 1.165) is 12.8 Å². The lowest BCUT2D eigenvalue weighted by molar-refractivity contribution is -0.135. The summed E-state index contributed by atoms with van der Waals surface area (Å²) in [4.78, 5) is 27.9. The fraction of sp³-hybridized carbons (Fsp3) is 0.438. The quantitative estimate of drug-likeness (QED) is 0.500. The Kier molecular flexibility index (Phi) is 6.57. The monoisotopic (exact) mass is 353 g/mol. The molecule has 1 unspecified atom stereocenters. The highest BCUT2D eigenvalue weighted by Gasteiger charge is 2.21. The number of nitrogens with one attached hydrogen (secondary N) is 2. The van der Waals surface area contributed by atoms with Gasteiger partial charge in [-0.15, -0.1) is 0 Å². The van der Waals surface area contributed by atoms with Gasteiger partial charge in [-0.05, 0) is 24.6 Å². The molecule has 24 heavy (non-hydrogen) atoms. The summed E-state index contributed by atoms with van der Waals surface area (Å²) in [6.45, 7) is 2.12.